The average molecular weight is 599 g/mol. The van der Waals surface area contributed by atoms with Gasteiger partial charge in [-0.1, -0.05) is 11.8 Å². The van der Waals surface area contributed by atoms with Crippen LogP contribution in [0.25, 0.3) is 0 Å². The second-order valence-corrected chi connectivity index (χ2v) is 12.6. The fourth-order valence-electron chi connectivity index (χ4n) is 4.78. The normalized spacial score (nSPS) is 26.5. The zero-order chi connectivity index (χ0) is 28.8. The summed E-state index contributed by atoms with van der Waals surface area (Å²) in [5, 5.41) is 24.9. The first-order valence-electron chi connectivity index (χ1n) is 12.5. The van der Waals surface area contributed by atoms with Crippen molar-refractivity contribution in [2.45, 2.75) is 43.5 Å². The van der Waals surface area contributed by atoms with Crippen LogP contribution in [0.1, 0.15) is 18.5 Å². The van der Waals surface area contributed by atoms with E-state index in [9.17, 15) is 32.5 Å². The molecule has 8 N–H and O–H groups in total. The van der Waals surface area contributed by atoms with Crippen molar-refractivity contribution in [2.24, 2.45) is 27.8 Å². The Labute approximate surface area is 233 Å². The molecule has 40 heavy (non-hydrogen) atoms. The van der Waals surface area contributed by atoms with Crippen LogP contribution in [-0.2, 0) is 37.8 Å². The molecule has 1 aromatic rings. The van der Waals surface area contributed by atoms with Gasteiger partial charge in [0.25, 0.3) is 11.8 Å². The number of nitrogens with one attached hydrogen (secondary N) is 2. The number of carbonyl (C=O) groups is 3. The Balaban J connectivity index is 1.31. The lowest BCUT2D eigenvalue weighted by Gasteiger charge is -2.43. The molecule has 19 heteroatoms. The standard InChI is InChI=1S/C21H30N10O7S2/c22-3-11-5-29(6-11)7-12-4-25-30(28-12)8-14-16(18(33)31(14)40(36,37)38)27-17(32)15(13-9-39-20(23)26-13)24-10-21(1-2-21)19(34)35/h4,9,11,14,16,20,26H,1-3,5-8,10,22-23H2,(H,27,32)(H,34,35)(H,36,37,38). The number of nitrogens with zero attached hydrogens (tertiary/aromatic N) is 6. The number of hydrogen-bond donors (Lipinski definition) is 6. The number of amides is 2. The molecule has 3 unspecified atom stereocenters. The van der Waals surface area contributed by atoms with Gasteiger partial charge in [-0.25, -0.2) is 4.31 Å². The largest absolute Gasteiger partial charge is 0.481 e. The first-order chi connectivity index (χ1) is 18.9. The molecular formula is C21H30N10O7S2. The lowest BCUT2D eigenvalue weighted by molar-refractivity contribution is -0.145. The summed E-state index contributed by atoms with van der Waals surface area (Å²) in [6.45, 7) is 2.38. The van der Waals surface area contributed by atoms with Gasteiger partial charge in [-0.3, -0.25) is 28.8 Å². The molecule has 17 nitrogen and oxygen atoms in total. The number of aromatic nitrogens is 3. The van der Waals surface area contributed by atoms with Gasteiger partial charge in [-0.05, 0) is 30.7 Å². The zero-order valence-electron chi connectivity index (χ0n) is 21.2. The zero-order valence-corrected chi connectivity index (χ0v) is 22.8. The number of aliphatic carboxylic acids is 1. The third-order valence-electron chi connectivity index (χ3n) is 7.34. The van der Waals surface area contributed by atoms with E-state index in [2.05, 4.69) is 30.7 Å². The summed E-state index contributed by atoms with van der Waals surface area (Å²) >= 11 is 1.18. The Bertz CT molecular complexity index is 1370. The number of carbonyl (C=O) groups excluding carboxylic acids is 2. The van der Waals surface area contributed by atoms with Crippen LogP contribution in [0.2, 0.25) is 0 Å². The van der Waals surface area contributed by atoms with Crippen molar-refractivity contribution in [3.63, 3.8) is 0 Å². The van der Waals surface area contributed by atoms with E-state index in [1.807, 2.05) is 0 Å². The van der Waals surface area contributed by atoms with Crippen LogP contribution in [0, 0.1) is 11.3 Å². The molecule has 3 aliphatic heterocycles. The Morgan fingerprint density at radius 3 is 2.62 bits per heavy atom. The van der Waals surface area contributed by atoms with Gasteiger partial charge in [0.05, 0.1) is 36.1 Å². The highest BCUT2D eigenvalue weighted by molar-refractivity contribution is 8.02. The lowest BCUT2D eigenvalue weighted by atomic mass is 9.98. The molecule has 0 spiro atoms. The van der Waals surface area contributed by atoms with E-state index in [0.29, 0.717) is 37.5 Å². The summed E-state index contributed by atoms with van der Waals surface area (Å²) in [6.07, 6.45) is 2.35. The molecule has 0 bridgehead atoms. The number of β-lactam (4-membered cyclic amide) rings is 1. The summed E-state index contributed by atoms with van der Waals surface area (Å²) < 4.78 is 33.8. The number of carboxylic acid groups (broad SMARTS) is 1. The molecule has 1 aromatic heterocycles. The SMILES string of the molecule is NCC1CN(Cc2cnn(CC3C(NC(=O)C(=NCC4(C(=O)O)CC4)C4=CSC(N)N4)C(=O)N3S(=O)(=O)O)n2)C1. The summed E-state index contributed by atoms with van der Waals surface area (Å²) in [5.74, 6) is -2.48. The maximum absolute atomic E-state index is 13.3. The fraction of sp³-hybridized carbons (Fsp3) is 0.619. The first kappa shape index (κ1) is 28.4. The Kier molecular flexibility index (Phi) is 7.61. The molecule has 4 aliphatic rings. The number of likely N-dealkylation sites (tertiary alicyclic amines) is 1. The van der Waals surface area contributed by atoms with Crippen LogP contribution >= 0.6 is 11.8 Å². The Hall–Kier alpha value is -3.10. The molecule has 0 radical (unpaired) electrons. The van der Waals surface area contributed by atoms with Gasteiger partial charge in [-0.15, -0.1) is 0 Å². The number of carboxylic acids is 1. The van der Waals surface area contributed by atoms with E-state index in [4.69, 9.17) is 11.5 Å². The molecular weight excluding hydrogens is 568 g/mol. The topological polar surface area (TPSA) is 251 Å². The van der Waals surface area contributed by atoms with Crippen molar-refractivity contribution in [1.29, 1.82) is 0 Å². The minimum Gasteiger partial charge on any atom is -0.481 e. The number of rotatable bonds is 12. The molecule has 2 amide bonds. The Morgan fingerprint density at radius 1 is 1.32 bits per heavy atom. The molecule has 5 rings (SSSR count). The maximum atomic E-state index is 13.3. The molecule has 1 aliphatic carbocycles. The monoisotopic (exact) mass is 598 g/mol. The van der Waals surface area contributed by atoms with Gasteiger partial charge in [0.1, 0.15) is 23.3 Å². The predicted molar refractivity (Wildman–Crippen MR) is 140 cm³/mol. The van der Waals surface area contributed by atoms with Crippen molar-refractivity contribution < 1.29 is 32.5 Å². The third-order valence-corrected chi connectivity index (χ3v) is 9.07. The number of nitrogens with two attached hydrogens (primary N) is 2. The van der Waals surface area contributed by atoms with Crippen LogP contribution < -0.4 is 22.1 Å². The van der Waals surface area contributed by atoms with Crippen LogP contribution in [0.15, 0.2) is 22.3 Å². The van der Waals surface area contributed by atoms with E-state index in [1.165, 1.54) is 22.8 Å². The second-order valence-electron chi connectivity index (χ2n) is 10.3. The predicted octanol–water partition coefficient (Wildman–Crippen LogP) is -3.11. The molecule has 0 aromatic carbocycles. The smallest absolute Gasteiger partial charge is 0.362 e. The van der Waals surface area contributed by atoms with E-state index >= 15 is 0 Å². The molecule has 218 valence electrons. The quantitative estimate of drug-likeness (QED) is 0.0792. The van der Waals surface area contributed by atoms with Crippen molar-refractivity contribution in [3.8, 4) is 0 Å². The van der Waals surface area contributed by atoms with Gasteiger partial charge in [0, 0.05) is 19.6 Å². The lowest BCUT2D eigenvalue weighted by Crippen LogP contribution is -2.73. The molecule has 2 saturated heterocycles. The Morgan fingerprint density at radius 2 is 2.05 bits per heavy atom. The maximum Gasteiger partial charge on any atom is 0.362 e. The molecule has 1 saturated carbocycles. The van der Waals surface area contributed by atoms with E-state index < -0.39 is 51.1 Å². The van der Waals surface area contributed by atoms with E-state index in [1.54, 1.807) is 5.41 Å². The first-order valence-corrected chi connectivity index (χ1v) is 14.8. The fourth-order valence-corrected chi connectivity index (χ4v) is 6.31. The number of thioether (sulfide) groups is 1. The van der Waals surface area contributed by atoms with Crippen LogP contribution in [0.5, 0.6) is 0 Å². The van der Waals surface area contributed by atoms with Crippen LogP contribution in [0.4, 0.5) is 0 Å². The number of hydrogen-bond acceptors (Lipinski definition) is 13. The minimum absolute atomic E-state index is 0.160. The van der Waals surface area contributed by atoms with Gasteiger partial charge in [0.2, 0.25) is 0 Å². The van der Waals surface area contributed by atoms with Gasteiger partial charge < -0.3 is 27.2 Å². The van der Waals surface area contributed by atoms with Gasteiger partial charge >= 0.3 is 16.3 Å². The molecule has 3 fully saturated rings. The average Bonchev–Trinajstić information content (AvgIpc) is 3.33. The minimum atomic E-state index is -4.94. The van der Waals surface area contributed by atoms with Crippen LogP contribution in [0.3, 0.4) is 0 Å². The summed E-state index contributed by atoms with van der Waals surface area (Å²) in [6, 6.07) is -2.58. The van der Waals surface area contributed by atoms with E-state index in [0.717, 1.165) is 13.1 Å². The van der Waals surface area contributed by atoms with Crippen molar-refractivity contribution in [2.75, 3.05) is 26.2 Å². The summed E-state index contributed by atoms with van der Waals surface area (Å²) in [4.78, 5) is 45.2. The molecule has 4 heterocycles. The highest BCUT2D eigenvalue weighted by Gasteiger charge is 2.55. The third kappa shape index (κ3) is 5.70. The van der Waals surface area contributed by atoms with Gasteiger partial charge in [-0.2, -0.15) is 23.4 Å². The summed E-state index contributed by atoms with van der Waals surface area (Å²) in [7, 11) is -4.94. The second kappa shape index (κ2) is 10.7. The van der Waals surface area contributed by atoms with Crippen molar-refractivity contribution in [1.82, 2.24) is 34.8 Å². The van der Waals surface area contributed by atoms with Crippen molar-refractivity contribution in [3.05, 3.63) is 23.0 Å². The highest BCUT2D eigenvalue weighted by atomic mass is 32.2. The van der Waals surface area contributed by atoms with Gasteiger partial charge in [0.15, 0.2) is 0 Å². The number of aliphatic imine (C=N–C) groups is 1. The highest BCUT2D eigenvalue weighted by Crippen LogP contribution is 2.46. The van der Waals surface area contributed by atoms with Crippen molar-refractivity contribution >= 4 is 45.6 Å². The van der Waals surface area contributed by atoms with Crippen LogP contribution in [-0.4, -0.2) is 110 Å². The molecule has 3 atom stereocenters. The summed E-state index contributed by atoms with van der Waals surface area (Å²) in [5.41, 5.74) is 10.6. The van der Waals surface area contributed by atoms with E-state index in [-0.39, 0.29) is 28.8 Å².